The summed E-state index contributed by atoms with van der Waals surface area (Å²) in [5.41, 5.74) is 0. The van der Waals surface area contributed by atoms with Crippen molar-refractivity contribution in [2.45, 2.75) is 103 Å². The van der Waals surface area contributed by atoms with Gasteiger partial charge in [0.15, 0.2) is 0 Å². The summed E-state index contributed by atoms with van der Waals surface area (Å²) in [6.07, 6.45) is 20.9. The number of unbranched alkanes of at least 4 members (excludes halogenated alkanes) is 11. The summed E-state index contributed by atoms with van der Waals surface area (Å²) in [7, 11) is 1.50. The molecule has 0 saturated heterocycles. The van der Waals surface area contributed by atoms with Crippen molar-refractivity contribution in [3.05, 3.63) is 12.2 Å². The van der Waals surface area contributed by atoms with Crippen LogP contribution in [0.2, 0.25) is 0 Å². The Morgan fingerprint density at radius 1 is 0.885 bits per heavy atom. The molecule has 0 radical (unpaired) electrons. The number of ether oxygens (including phenoxy) is 2. The molecule has 0 rings (SSSR count). The van der Waals surface area contributed by atoms with Crippen LogP contribution in [0.15, 0.2) is 12.2 Å². The number of hydrogen-bond donors (Lipinski definition) is 1. The lowest BCUT2D eigenvalue weighted by atomic mass is 10.1. The monoisotopic (exact) mass is 370 g/mol. The SMILES string of the molecule is CCCCCCCC/C=C\CCCCCCCC(=O)OC[C@H](CO)OC. The summed E-state index contributed by atoms with van der Waals surface area (Å²) in [5, 5.41) is 8.93. The van der Waals surface area contributed by atoms with E-state index in [0.29, 0.717) is 6.42 Å². The number of aliphatic hydroxyl groups excluding tert-OH is 1. The third kappa shape index (κ3) is 17.9. The molecule has 0 aliphatic heterocycles. The maximum absolute atomic E-state index is 11.5. The van der Waals surface area contributed by atoms with Crippen molar-refractivity contribution in [3.63, 3.8) is 0 Å². The van der Waals surface area contributed by atoms with Crippen LogP contribution in [0.4, 0.5) is 0 Å². The summed E-state index contributed by atoms with van der Waals surface area (Å²) in [5.74, 6) is -0.196. The first-order valence-corrected chi connectivity index (χ1v) is 10.7. The lowest BCUT2D eigenvalue weighted by Gasteiger charge is -2.12. The van der Waals surface area contributed by atoms with Crippen molar-refractivity contribution in [1.82, 2.24) is 0 Å². The maximum atomic E-state index is 11.5. The Morgan fingerprint density at radius 3 is 1.96 bits per heavy atom. The van der Waals surface area contributed by atoms with E-state index in [9.17, 15) is 4.79 Å². The van der Waals surface area contributed by atoms with Gasteiger partial charge in [0.25, 0.3) is 0 Å². The van der Waals surface area contributed by atoms with E-state index in [1.54, 1.807) is 0 Å². The van der Waals surface area contributed by atoms with E-state index >= 15 is 0 Å². The van der Waals surface area contributed by atoms with Gasteiger partial charge in [-0.05, 0) is 32.1 Å². The molecule has 0 heterocycles. The van der Waals surface area contributed by atoms with Crippen LogP contribution in [0.25, 0.3) is 0 Å². The van der Waals surface area contributed by atoms with Gasteiger partial charge in [0.2, 0.25) is 0 Å². The molecule has 0 aromatic rings. The summed E-state index contributed by atoms with van der Waals surface area (Å²) in [6.45, 7) is 2.27. The summed E-state index contributed by atoms with van der Waals surface area (Å²) < 4.78 is 10.0. The largest absolute Gasteiger partial charge is 0.463 e. The quantitative estimate of drug-likeness (QED) is 0.183. The third-order valence-corrected chi connectivity index (χ3v) is 4.61. The fourth-order valence-electron chi connectivity index (χ4n) is 2.79. The molecule has 0 aliphatic carbocycles. The van der Waals surface area contributed by atoms with Crippen molar-refractivity contribution in [3.8, 4) is 0 Å². The molecule has 1 N–H and O–H groups in total. The highest BCUT2D eigenvalue weighted by atomic mass is 16.6. The maximum Gasteiger partial charge on any atom is 0.305 e. The Hall–Kier alpha value is -0.870. The second-order valence-corrected chi connectivity index (χ2v) is 7.06. The molecule has 26 heavy (non-hydrogen) atoms. The number of rotatable bonds is 19. The molecule has 0 amide bonds. The Labute approximate surface area is 161 Å². The lowest BCUT2D eigenvalue weighted by Crippen LogP contribution is -2.24. The van der Waals surface area contributed by atoms with E-state index in [1.165, 1.54) is 77.7 Å². The highest BCUT2D eigenvalue weighted by molar-refractivity contribution is 5.69. The number of allylic oxidation sites excluding steroid dienone is 2. The third-order valence-electron chi connectivity index (χ3n) is 4.61. The van der Waals surface area contributed by atoms with Gasteiger partial charge in [-0.2, -0.15) is 0 Å². The minimum absolute atomic E-state index is 0.128. The average molecular weight is 371 g/mol. The topological polar surface area (TPSA) is 55.8 Å². The number of esters is 1. The van der Waals surface area contributed by atoms with Gasteiger partial charge in [0, 0.05) is 13.5 Å². The van der Waals surface area contributed by atoms with Crippen LogP contribution in [-0.4, -0.2) is 37.5 Å². The predicted molar refractivity (Wildman–Crippen MR) is 108 cm³/mol. The molecule has 0 spiro atoms. The van der Waals surface area contributed by atoms with E-state index in [1.807, 2.05) is 0 Å². The van der Waals surface area contributed by atoms with Crippen molar-refractivity contribution in [2.24, 2.45) is 0 Å². The number of hydrogen-bond acceptors (Lipinski definition) is 4. The van der Waals surface area contributed by atoms with Gasteiger partial charge < -0.3 is 14.6 Å². The zero-order valence-electron chi connectivity index (χ0n) is 17.2. The van der Waals surface area contributed by atoms with Gasteiger partial charge in [-0.3, -0.25) is 4.79 Å². The van der Waals surface area contributed by atoms with Crippen molar-refractivity contribution < 1.29 is 19.4 Å². The molecule has 0 aromatic carbocycles. The van der Waals surface area contributed by atoms with Gasteiger partial charge in [-0.25, -0.2) is 0 Å². The molecule has 0 bridgehead atoms. The normalized spacial score (nSPS) is 12.6. The first-order chi connectivity index (χ1) is 12.7. The molecule has 1 atom stereocenters. The molecule has 0 unspecified atom stereocenters. The van der Waals surface area contributed by atoms with Crippen LogP contribution in [0, 0.1) is 0 Å². The highest BCUT2D eigenvalue weighted by Crippen LogP contribution is 2.10. The Kier molecular flexibility index (Phi) is 19.8. The summed E-state index contributed by atoms with van der Waals surface area (Å²) >= 11 is 0. The average Bonchev–Trinajstić information content (AvgIpc) is 2.65. The van der Waals surface area contributed by atoms with E-state index in [-0.39, 0.29) is 19.2 Å². The Bertz CT molecular complexity index is 324. The van der Waals surface area contributed by atoms with Crippen LogP contribution in [0.5, 0.6) is 0 Å². The predicted octanol–water partition coefficient (Wildman–Crippen LogP) is 5.57. The van der Waals surface area contributed by atoms with Crippen molar-refractivity contribution in [1.29, 1.82) is 0 Å². The molecule has 4 heteroatoms. The van der Waals surface area contributed by atoms with E-state index in [4.69, 9.17) is 14.6 Å². The number of carbonyl (C=O) groups excluding carboxylic acids is 1. The van der Waals surface area contributed by atoms with Crippen LogP contribution in [-0.2, 0) is 14.3 Å². The molecule has 154 valence electrons. The summed E-state index contributed by atoms with van der Waals surface area (Å²) in [4.78, 5) is 11.5. The molecular weight excluding hydrogens is 328 g/mol. The summed E-state index contributed by atoms with van der Waals surface area (Å²) in [6, 6.07) is 0. The number of methoxy groups -OCH3 is 1. The minimum Gasteiger partial charge on any atom is -0.463 e. The number of carbonyl (C=O) groups is 1. The van der Waals surface area contributed by atoms with E-state index in [0.717, 1.165) is 12.8 Å². The smallest absolute Gasteiger partial charge is 0.305 e. The van der Waals surface area contributed by atoms with Crippen molar-refractivity contribution >= 4 is 5.97 Å². The molecule has 0 aromatic heterocycles. The molecule has 0 fully saturated rings. The van der Waals surface area contributed by atoms with Crippen LogP contribution < -0.4 is 0 Å². The molecule has 0 aliphatic rings. The molecule has 0 saturated carbocycles. The molecular formula is C22H42O4. The van der Waals surface area contributed by atoms with Gasteiger partial charge in [-0.15, -0.1) is 0 Å². The number of aliphatic hydroxyl groups is 1. The minimum atomic E-state index is -0.409. The van der Waals surface area contributed by atoms with Crippen LogP contribution in [0.3, 0.4) is 0 Å². The van der Waals surface area contributed by atoms with E-state index in [2.05, 4.69) is 19.1 Å². The second kappa shape index (κ2) is 20.4. The Morgan fingerprint density at radius 2 is 1.42 bits per heavy atom. The zero-order chi connectivity index (χ0) is 19.3. The van der Waals surface area contributed by atoms with Crippen molar-refractivity contribution in [2.75, 3.05) is 20.3 Å². The fourth-order valence-corrected chi connectivity index (χ4v) is 2.79. The van der Waals surface area contributed by atoms with Gasteiger partial charge >= 0.3 is 5.97 Å². The van der Waals surface area contributed by atoms with Gasteiger partial charge in [0.1, 0.15) is 12.7 Å². The first-order valence-electron chi connectivity index (χ1n) is 10.7. The van der Waals surface area contributed by atoms with E-state index < -0.39 is 6.10 Å². The Balaban J connectivity index is 3.28. The fraction of sp³-hybridized carbons (Fsp3) is 0.864. The zero-order valence-corrected chi connectivity index (χ0v) is 17.2. The second-order valence-electron chi connectivity index (χ2n) is 7.06. The van der Waals surface area contributed by atoms with Gasteiger partial charge in [-0.1, -0.05) is 70.4 Å². The first kappa shape index (κ1) is 25.1. The standard InChI is InChI=1S/C22H42O4/c1-3-4-5-6-7-8-9-10-11-12-13-14-15-16-17-18-22(24)26-20-21(19-23)25-2/h10-11,21,23H,3-9,12-20H2,1-2H3/b11-10-/t21-/m0/s1. The molecule has 4 nitrogen and oxygen atoms in total. The van der Waals surface area contributed by atoms with Crippen LogP contribution in [0.1, 0.15) is 96.8 Å². The lowest BCUT2D eigenvalue weighted by molar-refractivity contribution is -0.148. The van der Waals surface area contributed by atoms with Crippen LogP contribution >= 0.6 is 0 Å². The highest BCUT2D eigenvalue weighted by Gasteiger charge is 2.09. The van der Waals surface area contributed by atoms with Gasteiger partial charge in [0.05, 0.1) is 6.61 Å².